The van der Waals surface area contributed by atoms with Crippen LogP contribution in [-0.4, -0.2) is 29.7 Å². The zero-order chi connectivity index (χ0) is 18.5. The van der Waals surface area contributed by atoms with E-state index in [-0.39, 0.29) is 0 Å². The van der Waals surface area contributed by atoms with Crippen LogP contribution >= 0.6 is 0 Å². The topological polar surface area (TPSA) is 84.3 Å². The quantitative estimate of drug-likeness (QED) is 0.534. The van der Waals surface area contributed by atoms with Crippen LogP contribution in [0, 0.1) is 5.92 Å². The van der Waals surface area contributed by atoms with Crippen molar-refractivity contribution < 1.29 is 0 Å². The van der Waals surface area contributed by atoms with Crippen LogP contribution in [0.1, 0.15) is 49.5 Å². The lowest BCUT2D eigenvalue weighted by atomic mass is 9.85. The molecule has 4 aromatic rings. The highest BCUT2D eigenvalue weighted by Crippen LogP contribution is 2.39. The number of H-pyrrole nitrogens is 1. The van der Waals surface area contributed by atoms with Crippen LogP contribution in [-0.2, 0) is 13.1 Å². The summed E-state index contributed by atoms with van der Waals surface area (Å²) in [6.45, 7) is 1.52. The lowest BCUT2D eigenvalue weighted by molar-refractivity contribution is 0.269. The first-order valence-corrected chi connectivity index (χ1v) is 10.2. The molecule has 3 aromatic heterocycles. The van der Waals surface area contributed by atoms with Gasteiger partial charge in [-0.15, -0.1) is 0 Å². The van der Waals surface area contributed by atoms with Crippen molar-refractivity contribution in [2.45, 2.75) is 51.1 Å². The lowest BCUT2D eigenvalue weighted by Gasteiger charge is -2.25. The minimum absolute atomic E-state index is 0.580. The Kier molecular flexibility index (Phi) is 3.60. The zero-order valence-electron chi connectivity index (χ0n) is 15.7. The Bertz CT molecular complexity index is 1120. The third-order valence-corrected chi connectivity index (χ3v) is 5.98. The smallest absolute Gasteiger partial charge is 0.179 e. The van der Waals surface area contributed by atoms with Crippen molar-refractivity contribution in [2.24, 2.45) is 5.92 Å². The summed E-state index contributed by atoms with van der Waals surface area (Å²) in [6.07, 6.45) is 8.31. The average molecular weight is 373 g/mol. The number of nitrogens with one attached hydrogen (secondary N) is 2. The van der Waals surface area contributed by atoms with Gasteiger partial charge in [0.1, 0.15) is 5.82 Å². The number of aromatic nitrogens is 6. The highest BCUT2D eigenvalue weighted by molar-refractivity contribution is 5.83. The summed E-state index contributed by atoms with van der Waals surface area (Å²) >= 11 is 0. The molecule has 0 radical (unpaired) electrons. The molecule has 0 spiro atoms. The number of hydrogen-bond donors (Lipinski definition) is 2. The van der Waals surface area contributed by atoms with E-state index in [4.69, 9.17) is 15.1 Å². The second kappa shape index (κ2) is 6.29. The average Bonchev–Trinajstić information content (AvgIpc) is 3.36. The molecule has 0 unspecified atom stereocenters. The molecule has 0 aliphatic heterocycles. The Labute approximate surface area is 162 Å². The summed E-state index contributed by atoms with van der Waals surface area (Å²) in [7, 11) is 0. The van der Waals surface area contributed by atoms with E-state index in [1.165, 1.54) is 32.1 Å². The SMILES string of the molecule is c1ccc2[nH]c(CNc3nn(CC4CCC4)c4nc(C5CC5)cnc34)nc2c1. The number of rotatable bonds is 6. The number of imidazole rings is 1. The molecule has 0 bridgehead atoms. The van der Waals surface area contributed by atoms with E-state index in [1.54, 1.807) is 0 Å². The zero-order valence-corrected chi connectivity index (χ0v) is 15.7. The first kappa shape index (κ1) is 16.0. The van der Waals surface area contributed by atoms with Gasteiger partial charge in [0, 0.05) is 18.7 Å². The maximum atomic E-state index is 4.93. The molecule has 1 aromatic carbocycles. The second-order valence-electron chi connectivity index (χ2n) is 8.12. The van der Waals surface area contributed by atoms with Crippen LogP contribution in [0.25, 0.3) is 22.2 Å². The predicted octanol–water partition coefficient (Wildman–Crippen LogP) is 3.99. The van der Waals surface area contributed by atoms with Gasteiger partial charge in [0.25, 0.3) is 0 Å². The molecule has 2 aliphatic carbocycles. The summed E-state index contributed by atoms with van der Waals surface area (Å²) < 4.78 is 2.07. The predicted molar refractivity (Wildman–Crippen MR) is 108 cm³/mol. The molecule has 2 N–H and O–H groups in total. The Hall–Kier alpha value is -2.96. The molecule has 6 rings (SSSR count). The minimum atomic E-state index is 0.580. The van der Waals surface area contributed by atoms with Gasteiger partial charge in [-0.25, -0.2) is 19.6 Å². The van der Waals surface area contributed by atoms with E-state index >= 15 is 0 Å². The fourth-order valence-corrected chi connectivity index (χ4v) is 3.95. The molecule has 7 nitrogen and oxygen atoms in total. The summed E-state index contributed by atoms with van der Waals surface area (Å²) in [4.78, 5) is 17.7. The van der Waals surface area contributed by atoms with Crippen LogP contribution in [0.3, 0.4) is 0 Å². The molecular formula is C21H23N7. The molecule has 3 heterocycles. The Morgan fingerprint density at radius 2 is 2.00 bits per heavy atom. The fraction of sp³-hybridized carbons (Fsp3) is 0.429. The fourth-order valence-electron chi connectivity index (χ4n) is 3.95. The molecule has 2 aliphatic rings. The first-order chi connectivity index (χ1) is 13.8. The molecule has 142 valence electrons. The molecule has 2 fully saturated rings. The van der Waals surface area contributed by atoms with E-state index in [0.29, 0.717) is 12.5 Å². The van der Waals surface area contributed by atoms with Crippen molar-refractivity contribution in [3.05, 3.63) is 42.0 Å². The van der Waals surface area contributed by atoms with Crippen LogP contribution in [0.5, 0.6) is 0 Å². The Balaban J connectivity index is 1.31. The van der Waals surface area contributed by atoms with Gasteiger partial charge in [0.15, 0.2) is 17.0 Å². The summed E-state index contributed by atoms with van der Waals surface area (Å²) in [5.41, 5.74) is 4.93. The number of hydrogen-bond acceptors (Lipinski definition) is 5. The number of nitrogens with zero attached hydrogens (tertiary/aromatic N) is 5. The molecule has 0 atom stereocenters. The maximum absolute atomic E-state index is 4.93. The third-order valence-electron chi connectivity index (χ3n) is 5.98. The Morgan fingerprint density at radius 3 is 2.79 bits per heavy atom. The first-order valence-electron chi connectivity index (χ1n) is 10.2. The van der Waals surface area contributed by atoms with E-state index in [9.17, 15) is 0 Å². The summed E-state index contributed by atoms with van der Waals surface area (Å²) in [6, 6.07) is 8.08. The number of fused-ring (bicyclic) bond motifs is 2. The Morgan fingerprint density at radius 1 is 1.11 bits per heavy atom. The van der Waals surface area contributed by atoms with Gasteiger partial charge in [0.2, 0.25) is 0 Å². The van der Waals surface area contributed by atoms with Crippen molar-refractivity contribution in [3.63, 3.8) is 0 Å². The van der Waals surface area contributed by atoms with Gasteiger partial charge >= 0.3 is 0 Å². The van der Waals surface area contributed by atoms with Crippen LogP contribution < -0.4 is 5.32 Å². The number of para-hydroxylation sites is 2. The summed E-state index contributed by atoms with van der Waals surface area (Å²) in [5.74, 6) is 3.00. The van der Waals surface area contributed by atoms with Crippen molar-refractivity contribution in [3.8, 4) is 0 Å². The highest BCUT2D eigenvalue weighted by Gasteiger charge is 2.27. The van der Waals surface area contributed by atoms with Crippen LogP contribution in [0.15, 0.2) is 30.5 Å². The number of aromatic amines is 1. The maximum Gasteiger partial charge on any atom is 0.179 e. The summed E-state index contributed by atoms with van der Waals surface area (Å²) in [5, 5.41) is 8.27. The molecule has 28 heavy (non-hydrogen) atoms. The van der Waals surface area contributed by atoms with Crippen molar-refractivity contribution in [1.82, 2.24) is 29.7 Å². The number of benzene rings is 1. The standard InChI is InChI=1S/C21H23N7/c1-2-7-16-15(6-1)24-18(25-16)11-23-20-19-21(26-17(10-22-19)14-8-9-14)28(27-20)12-13-4-3-5-13/h1-2,6-7,10,13-14H,3-5,8-9,11-12H2,(H,23,27)(H,24,25). The molecule has 0 saturated heterocycles. The monoisotopic (exact) mass is 373 g/mol. The van der Waals surface area contributed by atoms with Crippen LogP contribution in [0.4, 0.5) is 5.82 Å². The second-order valence-corrected chi connectivity index (χ2v) is 8.12. The highest BCUT2D eigenvalue weighted by atomic mass is 15.3. The number of anilines is 1. The lowest BCUT2D eigenvalue weighted by Crippen LogP contribution is -2.19. The van der Waals surface area contributed by atoms with Gasteiger partial charge in [-0.2, -0.15) is 5.10 Å². The van der Waals surface area contributed by atoms with Gasteiger partial charge in [-0.1, -0.05) is 18.6 Å². The van der Waals surface area contributed by atoms with E-state index < -0.39 is 0 Å². The van der Waals surface area contributed by atoms with Gasteiger partial charge in [-0.05, 0) is 43.7 Å². The van der Waals surface area contributed by atoms with E-state index in [2.05, 4.69) is 20.0 Å². The normalized spacial score (nSPS) is 17.3. The molecular weight excluding hydrogens is 350 g/mol. The molecule has 2 saturated carbocycles. The molecule has 7 heteroatoms. The van der Waals surface area contributed by atoms with E-state index in [0.717, 1.165) is 52.0 Å². The van der Waals surface area contributed by atoms with E-state index in [1.807, 2.05) is 30.5 Å². The van der Waals surface area contributed by atoms with Crippen molar-refractivity contribution in [1.29, 1.82) is 0 Å². The third kappa shape index (κ3) is 2.82. The van der Waals surface area contributed by atoms with Crippen molar-refractivity contribution in [2.75, 3.05) is 5.32 Å². The van der Waals surface area contributed by atoms with Gasteiger partial charge in [0.05, 0.1) is 23.3 Å². The van der Waals surface area contributed by atoms with Gasteiger partial charge in [-0.3, -0.25) is 0 Å². The van der Waals surface area contributed by atoms with Crippen molar-refractivity contribution >= 4 is 28.0 Å². The van der Waals surface area contributed by atoms with Gasteiger partial charge < -0.3 is 10.3 Å². The largest absolute Gasteiger partial charge is 0.360 e. The minimum Gasteiger partial charge on any atom is -0.360 e. The van der Waals surface area contributed by atoms with Crippen LogP contribution in [0.2, 0.25) is 0 Å². The molecule has 0 amide bonds.